The Labute approximate surface area is 158 Å². The molecule has 2 N–H and O–H groups in total. The van der Waals surface area contributed by atoms with Crippen molar-refractivity contribution in [2.24, 2.45) is 0 Å². The van der Waals surface area contributed by atoms with Gasteiger partial charge in [-0.2, -0.15) is 0 Å². The van der Waals surface area contributed by atoms with Gasteiger partial charge < -0.3 is 15.4 Å². The number of esters is 1. The molecule has 0 aliphatic rings. The average Bonchev–Trinajstić information content (AvgIpc) is 2.68. The van der Waals surface area contributed by atoms with Gasteiger partial charge in [0.2, 0.25) is 5.91 Å². The lowest BCUT2D eigenvalue weighted by atomic mass is 9.91. The van der Waals surface area contributed by atoms with Gasteiger partial charge in [0.15, 0.2) is 6.61 Å². The first kappa shape index (κ1) is 20.2. The molecule has 0 saturated carbocycles. The molecule has 2 rings (SSSR count). The molecule has 27 heavy (non-hydrogen) atoms. The molecule has 0 aliphatic heterocycles. The molecule has 0 spiro atoms. The Morgan fingerprint density at radius 3 is 1.93 bits per heavy atom. The van der Waals surface area contributed by atoms with Crippen LogP contribution < -0.4 is 10.6 Å². The molecule has 2 aromatic rings. The summed E-state index contributed by atoms with van der Waals surface area (Å²) in [6.07, 6.45) is 0. The molecule has 0 heterocycles. The van der Waals surface area contributed by atoms with Crippen molar-refractivity contribution in [2.75, 3.05) is 13.2 Å². The third-order valence-electron chi connectivity index (χ3n) is 3.97. The predicted molar refractivity (Wildman–Crippen MR) is 102 cm³/mol. The fourth-order valence-electron chi connectivity index (χ4n) is 2.65. The summed E-state index contributed by atoms with van der Waals surface area (Å²) in [4.78, 5) is 36.3. The van der Waals surface area contributed by atoms with E-state index in [2.05, 4.69) is 10.6 Å². The molecule has 1 atom stereocenters. The highest BCUT2D eigenvalue weighted by Crippen LogP contribution is 2.25. The van der Waals surface area contributed by atoms with E-state index in [9.17, 15) is 14.4 Å². The van der Waals surface area contributed by atoms with Gasteiger partial charge in [-0.25, -0.2) is 0 Å². The summed E-state index contributed by atoms with van der Waals surface area (Å²) in [5.41, 5.74) is 1.56. The van der Waals surface area contributed by atoms with Crippen LogP contribution in [0.2, 0.25) is 0 Å². The van der Waals surface area contributed by atoms with Crippen molar-refractivity contribution in [1.82, 2.24) is 10.6 Å². The number of rotatable bonds is 8. The summed E-state index contributed by atoms with van der Waals surface area (Å²) in [6.45, 7) is 3.39. The Bertz CT molecular complexity index is 723. The fourth-order valence-corrected chi connectivity index (χ4v) is 2.65. The Hall–Kier alpha value is -3.15. The minimum absolute atomic E-state index is 0.288. The van der Waals surface area contributed by atoms with Gasteiger partial charge in [0.1, 0.15) is 12.0 Å². The zero-order chi connectivity index (χ0) is 19.6. The zero-order valence-corrected chi connectivity index (χ0v) is 15.5. The number of hydrogen-bond donors (Lipinski definition) is 2. The van der Waals surface area contributed by atoms with E-state index < -0.39 is 30.4 Å². The minimum Gasteiger partial charge on any atom is -0.455 e. The topological polar surface area (TPSA) is 84.5 Å². The molecule has 6 heteroatoms. The molecule has 0 radical (unpaired) electrons. The van der Waals surface area contributed by atoms with Crippen LogP contribution in [0.1, 0.15) is 30.9 Å². The highest BCUT2D eigenvalue weighted by molar-refractivity contribution is 5.89. The SMILES string of the molecule is CCNC(=O)[C@H](C)NC(=O)COC(=O)C(c1ccccc1)c1ccccc1. The highest BCUT2D eigenvalue weighted by Gasteiger charge is 2.25. The van der Waals surface area contributed by atoms with Crippen molar-refractivity contribution in [2.45, 2.75) is 25.8 Å². The number of carbonyl (C=O) groups is 3. The van der Waals surface area contributed by atoms with Gasteiger partial charge in [-0.15, -0.1) is 0 Å². The van der Waals surface area contributed by atoms with Crippen molar-refractivity contribution in [3.05, 3.63) is 71.8 Å². The molecule has 0 unspecified atom stereocenters. The predicted octanol–water partition coefficient (Wildman–Crippen LogP) is 2.00. The highest BCUT2D eigenvalue weighted by atomic mass is 16.5. The first-order valence-corrected chi connectivity index (χ1v) is 8.86. The maximum Gasteiger partial charge on any atom is 0.318 e. The molecule has 2 aromatic carbocycles. The lowest BCUT2D eigenvalue weighted by molar-refractivity contribution is -0.149. The second-order valence-electron chi connectivity index (χ2n) is 6.05. The van der Waals surface area contributed by atoms with Crippen LogP contribution in [-0.4, -0.2) is 37.0 Å². The second-order valence-corrected chi connectivity index (χ2v) is 6.05. The van der Waals surface area contributed by atoms with Crippen molar-refractivity contribution in [3.63, 3.8) is 0 Å². The van der Waals surface area contributed by atoms with Crippen LogP contribution in [0.4, 0.5) is 0 Å². The van der Waals surface area contributed by atoms with E-state index in [1.165, 1.54) is 0 Å². The monoisotopic (exact) mass is 368 g/mol. The molecular weight excluding hydrogens is 344 g/mol. The van der Waals surface area contributed by atoms with E-state index in [1.54, 1.807) is 13.8 Å². The van der Waals surface area contributed by atoms with E-state index in [-0.39, 0.29) is 5.91 Å². The summed E-state index contributed by atoms with van der Waals surface area (Å²) in [6, 6.07) is 17.8. The van der Waals surface area contributed by atoms with Gasteiger partial charge in [0.05, 0.1) is 0 Å². The number of nitrogens with one attached hydrogen (secondary N) is 2. The maximum absolute atomic E-state index is 12.7. The second kappa shape index (κ2) is 10.1. The Morgan fingerprint density at radius 2 is 1.44 bits per heavy atom. The van der Waals surface area contributed by atoms with Crippen molar-refractivity contribution < 1.29 is 19.1 Å². The van der Waals surface area contributed by atoms with Crippen LogP contribution in [0.5, 0.6) is 0 Å². The largest absolute Gasteiger partial charge is 0.455 e. The number of carbonyl (C=O) groups excluding carboxylic acids is 3. The smallest absolute Gasteiger partial charge is 0.318 e. The third kappa shape index (κ3) is 5.95. The molecule has 142 valence electrons. The van der Waals surface area contributed by atoms with Gasteiger partial charge in [-0.1, -0.05) is 60.7 Å². The van der Waals surface area contributed by atoms with E-state index in [0.717, 1.165) is 11.1 Å². The summed E-state index contributed by atoms with van der Waals surface area (Å²) in [7, 11) is 0. The first-order valence-electron chi connectivity index (χ1n) is 8.86. The van der Waals surface area contributed by atoms with Crippen molar-refractivity contribution >= 4 is 17.8 Å². The molecule has 0 bridgehead atoms. The Balaban J connectivity index is 2.02. The molecule has 2 amide bonds. The van der Waals surface area contributed by atoms with E-state index in [4.69, 9.17) is 4.74 Å². The van der Waals surface area contributed by atoms with Crippen molar-refractivity contribution in [3.8, 4) is 0 Å². The van der Waals surface area contributed by atoms with Crippen molar-refractivity contribution in [1.29, 1.82) is 0 Å². The number of ether oxygens (including phenoxy) is 1. The van der Waals surface area contributed by atoms with Gasteiger partial charge in [0.25, 0.3) is 5.91 Å². The Kier molecular flexibility index (Phi) is 7.55. The third-order valence-corrected chi connectivity index (χ3v) is 3.97. The van der Waals surface area contributed by atoms with Crippen LogP contribution in [0.15, 0.2) is 60.7 Å². The Morgan fingerprint density at radius 1 is 0.926 bits per heavy atom. The average molecular weight is 368 g/mol. The van der Waals surface area contributed by atoms with E-state index in [0.29, 0.717) is 6.54 Å². The molecular formula is C21H24N2O4. The van der Waals surface area contributed by atoms with Crippen LogP contribution in [0.25, 0.3) is 0 Å². The maximum atomic E-state index is 12.7. The van der Waals surface area contributed by atoms with Gasteiger partial charge in [-0.3, -0.25) is 14.4 Å². The molecule has 6 nitrogen and oxygen atoms in total. The quantitative estimate of drug-likeness (QED) is 0.698. The van der Waals surface area contributed by atoms with Crippen LogP contribution in [0, 0.1) is 0 Å². The summed E-state index contributed by atoms with van der Waals surface area (Å²) < 4.78 is 5.23. The molecule has 0 aliphatic carbocycles. The summed E-state index contributed by atoms with van der Waals surface area (Å²) in [5, 5.41) is 5.13. The zero-order valence-electron chi connectivity index (χ0n) is 15.5. The van der Waals surface area contributed by atoms with Gasteiger partial charge >= 0.3 is 5.97 Å². The number of likely N-dealkylation sites (N-methyl/N-ethyl adjacent to an activating group) is 1. The van der Waals surface area contributed by atoms with Gasteiger partial charge in [-0.05, 0) is 25.0 Å². The van der Waals surface area contributed by atoms with Crippen LogP contribution in [0.3, 0.4) is 0 Å². The first-order chi connectivity index (χ1) is 13.0. The fraction of sp³-hybridized carbons (Fsp3) is 0.286. The lowest BCUT2D eigenvalue weighted by Gasteiger charge is -2.18. The lowest BCUT2D eigenvalue weighted by Crippen LogP contribution is -2.46. The normalized spacial score (nSPS) is 11.5. The summed E-state index contributed by atoms with van der Waals surface area (Å²) >= 11 is 0. The van der Waals surface area contributed by atoms with Gasteiger partial charge in [0, 0.05) is 6.54 Å². The molecule has 0 saturated heterocycles. The van der Waals surface area contributed by atoms with E-state index in [1.807, 2.05) is 60.7 Å². The number of hydrogen-bond acceptors (Lipinski definition) is 4. The molecule has 0 fully saturated rings. The summed E-state index contributed by atoms with van der Waals surface area (Å²) in [5.74, 6) is -1.96. The number of benzene rings is 2. The minimum atomic E-state index is -0.699. The van der Waals surface area contributed by atoms with Crippen LogP contribution >= 0.6 is 0 Å². The number of amides is 2. The standard InChI is InChI=1S/C21H24N2O4/c1-3-22-20(25)15(2)23-18(24)14-27-21(26)19(16-10-6-4-7-11-16)17-12-8-5-9-13-17/h4-13,15,19H,3,14H2,1-2H3,(H,22,25)(H,23,24)/t15-/m0/s1. The van der Waals surface area contributed by atoms with E-state index >= 15 is 0 Å². The van der Waals surface area contributed by atoms with Crippen LogP contribution in [-0.2, 0) is 19.1 Å². The molecule has 0 aromatic heterocycles.